The van der Waals surface area contributed by atoms with Crippen LogP contribution in [0.2, 0.25) is 0 Å². The van der Waals surface area contributed by atoms with Crippen LogP contribution in [0.4, 0.5) is 11.4 Å². The first-order valence-electron chi connectivity index (χ1n) is 6.91. The van der Waals surface area contributed by atoms with Crippen molar-refractivity contribution in [1.29, 1.82) is 0 Å². The third-order valence-electron chi connectivity index (χ3n) is 3.45. The van der Waals surface area contributed by atoms with E-state index in [0.29, 0.717) is 5.88 Å². The molecule has 1 N–H and O–H groups in total. The monoisotopic (exact) mass is 289 g/mol. The molecule has 0 aromatic carbocycles. The van der Waals surface area contributed by atoms with Crippen molar-refractivity contribution in [2.75, 3.05) is 31.4 Å². The van der Waals surface area contributed by atoms with Gasteiger partial charge in [-0.2, -0.15) is 5.10 Å². The lowest BCUT2D eigenvalue weighted by molar-refractivity contribution is 0.399. The fourth-order valence-corrected chi connectivity index (χ4v) is 2.43. The molecule has 0 radical (unpaired) electrons. The van der Waals surface area contributed by atoms with Crippen LogP contribution < -0.4 is 15.0 Å². The molecule has 0 fully saturated rings. The molecule has 0 aliphatic heterocycles. The summed E-state index contributed by atoms with van der Waals surface area (Å²) in [4.78, 5) is 6.32. The molecule has 0 spiro atoms. The molecule has 6 nitrogen and oxygen atoms in total. The van der Waals surface area contributed by atoms with Gasteiger partial charge in [0.2, 0.25) is 5.88 Å². The summed E-state index contributed by atoms with van der Waals surface area (Å²) in [5, 5.41) is 7.89. The quantitative estimate of drug-likeness (QED) is 0.916. The minimum Gasteiger partial charge on any atom is -0.479 e. The van der Waals surface area contributed by atoms with E-state index >= 15 is 0 Å². The van der Waals surface area contributed by atoms with E-state index in [-0.39, 0.29) is 6.04 Å². The highest BCUT2D eigenvalue weighted by molar-refractivity contribution is 5.74. The van der Waals surface area contributed by atoms with Crippen molar-refractivity contribution in [1.82, 2.24) is 14.8 Å². The normalized spacial score (nSPS) is 12.1. The van der Waals surface area contributed by atoms with E-state index in [2.05, 4.69) is 22.3 Å². The summed E-state index contributed by atoms with van der Waals surface area (Å²) in [6, 6.07) is 2.07. The highest BCUT2D eigenvalue weighted by atomic mass is 16.5. The predicted molar refractivity (Wildman–Crippen MR) is 85.1 cm³/mol. The Labute approximate surface area is 125 Å². The fraction of sp³-hybridized carbons (Fsp3) is 0.467. The Morgan fingerprint density at radius 1 is 1.38 bits per heavy atom. The van der Waals surface area contributed by atoms with Crippen molar-refractivity contribution in [3.63, 3.8) is 0 Å². The van der Waals surface area contributed by atoms with Gasteiger partial charge in [-0.1, -0.05) is 0 Å². The molecule has 0 bridgehead atoms. The summed E-state index contributed by atoms with van der Waals surface area (Å²) in [6.07, 6.45) is 3.78. The van der Waals surface area contributed by atoms with Crippen molar-refractivity contribution in [2.45, 2.75) is 19.9 Å². The summed E-state index contributed by atoms with van der Waals surface area (Å²) >= 11 is 0. The minimum absolute atomic E-state index is 0.107. The van der Waals surface area contributed by atoms with Crippen LogP contribution in [0.1, 0.15) is 24.2 Å². The summed E-state index contributed by atoms with van der Waals surface area (Å²) in [7, 11) is 7.56. The van der Waals surface area contributed by atoms with E-state index in [0.717, 1.165) is 22.6 Å². The molecule has 6 heteroatoms. The molecule has 1 unspecified atom stereocenters. The largest absolute Gasteiger partial charge is 0.479 e. The average molecular weight is 289 g/mol. The number of aromatic nitrogens is 3. The van der Waals surface area contributed by atoms with Gasteiger partial charge < -0.3 is 15.0 Å². The van der Waals surface area contributed by atoms with Gasteiger partial charge in [0.1, 0.15) is 5.69 Å². The fourth-order valence-electron chi connectivity index (χ4n) is 2.43. The standard InChI is InChI=1S/C15H23N5O/c1-10(12-9-20(5)18-11(12)2)17-14-13(19(3)4)7-8-16-15(14)21-6/h7-10,17H,1-6H3. The number of anilines is 2. The summed E-state index contributed by atoms with van der Waals surface area (Å²) < 4.78 is 7.22. The lowest BCUT2D eigenvalue weighted by Crippen LogP contribution is -2.15. The number of nitrogens with zero attached hydrogens (tertiary/aromatic N) is 4. The second-order valence-electron chi connectivity index (χ2n) is 5.32. The van der Waals surface area contributed by atoms with E-state index in [9.17, 15) is 0 Å². The molecule has 2 heterocycles. The lowest BCUT2D eigenvalue weighted by Gasteiger charge is -2.23. The van der Waals surface area contributed by atoms with E-state index in [4.69, 9.17) is 4.74 Å². The number of rotatable bonds is 5. The van der Waals surface area contributed by atoms with Gasteiger partial charge in [0.15, 0.2) is 0 Å². The van der Waals surface area contributed by atoms with Crippen LogP contribution in [0.25, 0.3) is 0 Å². The Hall–Kier alpha value is -2.24. The summed E-state index contributed by atoms with van der Waals surface area (Å²) in [6.45, 7) is 4.12. The van der Waals surface area contributed by atoms with Gasteiger partial charge >= 0.3 is 0 Å². The molecule has 1 atom stereocenters. The number of methoxy groups -OCH3 is 1. The average Bonchev–Trinajstić information content (AvgIpc) is 2.77. The molecule has 2 rings (SSSR count). The zero-order valence-electron chi connectivity index (χ0n) is 13.5. The maximum absolute atomic E-state index is 5.39. The zero-order chi connectivity index (χ0) is 15.6. The number of pyridine rings is 1. The Balaban J connectivity index is 2.36. The Kier molecular flexibility index (Phi) is 4.35. The maximum Gasteiger partial charge on any atom is 0.239 e. The van der Waals surface area contributed by atoms with Gasteiger partial charge in [-0.05, 0) is 19.9 Å². The second kappa shape index (κ2) is 6.03. The summed E-state index contributed by atoms with van der Waals surface area (Å²) in [5.41, 5.74) is 4.11. The molecule has 0 aliphatic rings. The number of hydrogen-bond acceptors (Lipinski definition) is 5. The predicted octanol–water partition coefficient (Wildman–Crippen LogP) is 2.37. The van der Waals surface area contributed by atoms with Crippen molar-refractivity contribution in [3.05, 3.63) is 29.7 Å². The Morgan fingerprint density at radius 3 is 2.62 bits per heavy atom. The Bertz CT molecular complexity index is 621. The van der Waals surface area contributed by atoms with Crippen LogP contribution in [0, 0.1) is 6.92 Å². The third kappa shape index (κ3) is 3.09. The SMILES string of the molecule is COc1nccc(N(C)C)c1NC(C)c1cn(C)nc1C. The lowest BCUT2D eigenvalue weighted by atomic mass is 10.1. The first-order chi connectivity index (χ1) is 9.93. The molecule has 2 aromatic heterocycles. The molecule has 0 saturated carbocycles. The zero-order valence-corrected chi connectivity index (χ0v) is 13.5. The van der Waals surface area contributed by atoms with Crippen molar-refractivity contribution in [3.8, 4) is 5.88 Å². The first-order valence-corrected chi connectivity index (χ1v) is 6.91. The van der Waals surface area contributed by atoms with Crippen molar-refractivity contribution in [2.24, 2.45) is 7.05 Å². The third-order valence-corrected chi connectivity index (χ3v) is 3.45. The first kappa shape index (κ1) is 15.2. The van der Waals surface area contributed by atoms with E-state index in [1.807, 2.05) is 49.9 Å². The van der Waals surface area contributed by atoms with Gasteiger partial charge in [-0.3, -0.25) is 4.68 Å². The van der Waals surface area contributed by atoms with E-state index in [1.54, 1.807) is 13.3 Å². The number of hydrogen-bond donors (Lipinski definition) is 1. The van der Waals surface area contributed by atoms with Gasteiger partial charge in [-0.15, -0.1) is 0 Å². The highest BCUT2D eigenvalue weighted by Gasteiger charge is 2.17. The smallest absolute Gasteiger partial charge is 0.239 e. The van der Waals surface area contributed by atoms with Gasteiger partial charge in [-0.25, -0.2) is 4.98 Å². The second-order valence-corrected chi connectivity index (χ2v) is 5.32. The molecule has 114 valence electrons. The Morgan fingerprint density at radius 2 is 2.10 bits per heavy atom. The topological polar surface area (TPSA) is 55.2 Å². The molecule has 2 aromatic rings. The van der Waals surface area contributed by atoms with Crippen LogP contribution in [-0.4, -0.2) is 36.0 Å². The number of nitrogens with one attached hydrogen (secondary N) is 1. The van der Waals surface area contributed by atoms with Gasteiger partial charge in [0.25, 0.3) is 0 Å². The molecule has 21 heavy (non-hydrogen) atoms. The van der Waals surface area contributed by atoms with E-state index in [1.165, 1.54) is 0 Å². The number of aryl methyl sites for hydroxylation is 2. The minimum atomic E-state index is 0.107. The van der Waals surface area contributed by atoms with Gasteiger partial charge in [0.05, 0.1) is 24.5 Å². The summed E-state index contributed by atoms with van der Waals surface area (Å²) in [5.74, 6) is 0.592. The van der Waals surface area contributed by atoms with Crippen LogP contribution in [-0.2, 0) is 7.05 Å². The number of ether oxygens (including phenoxy) is 1. The molecule has 0 aliphatic carbocycles. The molecular formula is C15H23N5O. The van der Waals surface area contributed by atoms with Crippen LogP contribution in [0.15, 0.2) is 18.5 Å². The molecular weight excluding hydrogens is 266 g/mol. The van der Waals surface area contributed by atoms with Crippen molar-refractivity contribution < 1.29 is 4.74 Å². The van der Waals surface area contributed by atoms with Gasteiger partial charge in [0, 0.05) is 39.1 Å². The molecule has 0 amide bonds. The highest BCUT2D eigenvalue weighted by Crippen LogP contribution is 2.35. The van der Waals surface area contributed by atoms with Crippen molar-refractivity contribution >= 4 is 11.4 Å². The van der Waals surface area contributed by atoms with Crippen LogP contribution >= 0.6 is 0 Å². The maximum atomic E-state index is 5.39. The van der Waals surface area contributed by atoms with Crippen LogP contribution in [0.3, 0.4) is 0 Å². The van der Waals surface area contributed by atoms with E-state index < -0.39 is 0 Å². The van der Waals surface area contributed by atoms with Crippen LogP contribution in [0.5, 0.6) is 5.88 Å². The molecule has 0 saturated heterocycles.